The number of rotatable bonds is 3. The van der Waals surface area contributed by atoms with Crippen molar-refractivity contribution in [3.05, 3.63) is 28.0 Å². The van der Waals surface area contributed by atoms with Crippen molar-refractivity contribution in [2.45, 2.75) is 13.8 Å². The van der Waals surface area contributed by atoms with Gasteiger partial charge in [-0.05, 0) is 30.3 Å². The maximum absolute atomic E-state index is 13.0. The number of benzene rings is 1. The van der Waals surface area contributed by atoms with Gasteiger partial charge in [-0.1, -0.05) is 37.0 Å². The second-order valence-corrected chi connectivity index (χ2v) is 5.20. The summed E-state index contributed by atoms with van der Waals surface area (Å²) in [5.74, 6) is -0.0134. The predicted octanol–water partition coefficient (Wildman–Crippen LogP) is 4.07. The smallest absolute Gasteiger partial charge is 0.170 e. The van der Waals surface area contributed by atoms with Crippen LogP contribution in [0.3, 0.4) is 0 Å². The molecule has 1 rings (SSSR count). The lowest BCUT2D eigenvalue weighted by atomic mass is 10.2. The Kier molecular flexibility index (Phi) is 5.43. The summed E-state index contributed by atoms with van der Waals surface area (Å²) in [7, 11) is 0. The number of nitrogens with one attached hydrogen (secondary N) is 2. The Labute approximate surface area is 115 Å². The zero-order valence-corrected chi connectivity index (χ0v) is 11.8. The fourth-order valence-corrected chi connectivity index (χ4v) is 1.86. The van der Waals surface area contributed by atoms with Gasteiger partial charge in [0.25, 0.3) is 0 Å². The predicted molar refractivity (Wildman–Crippen MR) is 75.5 cm³/mol. The summed E-state index contributed by atoms with van der Waals surface area (Å²) in [6, 6.07) is 2.36. The van der Waals surface area contributed by atoms with Gasteiger partial charge in [0.05, 0.1) is 15.7 Å². The molecule has 0 atom stereocenters. The van der Waals surface area contributed by atoms with Gasteiger partial charge >= 0.3 is 0 Å². The van der Waals surface area contributed by atoms with Gasteiger partial charge in [-0.3, -0.25) is 0 Å². The lowest BCUT2D eigenvalue weighted by molar-refractivity contribution is 0.626. The molecule has 0 saturated heterocycles. The molecular formula is C11H13Cl2FN2S. The van der Waals surface area contributed by atoms with E-state index in [1.54, 1.807) is 0 Å². The van der Waals surface area contributed by atoms with Crippen LogP contribution in [-0.2, 0) is 0 Å². The molecule has 0 amide bonds. The first-order valence-corrected chi connectivity index (χ1v) is 6.26. The van der Waals surface area contributed by atoms with E-state index >= 15 is 0 Å². The average molecular weight is 295 g/mol. The molecule has 0 aliphatic carbocycles. The first kappa shape index (κ1) is 14.5. The van der Waals surface area contributed by atoms with E-state index in [1.807, 2.05) is 0 Å². The van der Waals surface area contributed by atoms with Crippen molar-refractivity contribution in [1.82, 2.24) is 5.32 Å². The van der Waals surface area contributed by atoms with Gasteiger partial charge in [-0.15, -0.1) is 0 Å². The van der Waals surface area contributed by atoms with Crippen LogP contribution in [0, 0.1) is 11.7 Å². The monoisotopic (exact) mass is 294 g/mol. The molecule has 0 spiro atoms. The van der Waals surface area contributed by atoms with E-state index in [2.05, 4.69) is 24.5 Å². The van der Waals surface area contributed by atoms with Gasteiger partial charge in [0.15, 0.2) is 5.11 Å². The second-order valence-electron chi connectivity index (χ2n) is 3.97. The molecule has 0 aromatic heterocycles. The van der Waals surface area contributed by atoms with Crippen LogP contribution >= 0.6 is 35.4 Å². The normalized spacial score (nSPS) is 10.5. The van der Waals surface area contributed by atoms with Crippen molar-refractivity contribution in [3.63, 3.8) is 0 Å². The van der Waals surface area contributed by atoms with E-state index in [9.17, 15) is 4.39 Å². The van der Waals surface area contributed by atoms with E-state index in [-0.39, 0.29) is 10.0 Å². The number of anilines is 1. The van der Waals surface area contributed by atoms with Gasteiger partial charge in [-0.25, -0.2) is 4.39 Å². The molecule has 0 aliphatic rings. The third kappa shape index (κ3) is 4.66. The highest BCUT2D eigenvalue weighted by Gasteiger charge is 2.09. The van der Waals surface area contributed by atoms with Crippen molar-refractivity contribution >= 4 is 46.2 Å². The van der Waals surface area contributed by atoms with Crippen LogP contribution in [0.2, 0.25) is 10.0 Å². The SMILES string of the molecule is CC(C)CNC(=S)Nc1c(Cl)cc(F)cc1Cl. The Morgan fingerprint density at radius 2 is 1.88 bits per heavy atom. The molecule has 0 unspecified atom stereocenters. The Bertz CT molecular complexity index is 401. The minimum absolute atomic E-state index is 0.198. The van der Waals surface area contributed by atoms with Gasteiger partial charge < -0.3 is 10.6 Å². The summed E-state index contributed by atoms with van der Waals surface area (Å²) in [6.07, 6.45) is 0. The van der Waals surface area contributed by atoms with Crippen LogP contribution in [0.5, 0.6) is 0 Å². The summed E-state index contributed by atoms with van der Waals surface area (Å²) in [5, 5.41) is 6.67. The molecule has 0 saturated carbocycles. The molecule has 1 aromatic carbocycles. The van der Waals surface area contributed by atoms with Crippen molar-refractivity contribution in [2.24, 2.45) is 5.92 Å². The molecule has 6 heteroatoms. The van der Waals surface area contributed by atoms with Gasteiger partial charge in [0, 0.05) is 6.54 Å². The molecular weight excluding hydrogens is 282 g/mol. The summed E-state index contributed by atoms with van der Waals surface area (Å²) >= 11 is 16.8. The summed E-state index contributed by atoms with van der Waals surface area (Å²) in [4.78, 5) is 0. The summed E-state index contributed by atoms with van der Waals surface area (Å²) < 4.78 is 13.0. The van der Waals surface area contributed by atoms with Crippen LogP contribution < -0.4 is 10.6 Å². The van der Waals surface area contributed by atoms with Crippen molar-refractivity contribution in [2.75, 3.05) is 11.9 Å². The van der Waals surface area contributed by atoms with Crippen LogP contribution in [0.15, 0.2) is 12.1 Å². The van der Waals surface area contributed by atoms with E-state index in [1.165, 1.54) is 12.1 Å². The Hall–Kier alpha value is -0.580. The summed E-state index contributed by atoms with van der Waals surface area (Å²) in [5.41, 5.74) is 0.413. The molecule has 2 N–H and O–H groups in total. The quantitative estimate of drug-likeness (QED) is 0.822. The number of thiocarbonyl (C=S) groups is 1. The fraction of sp³-hybridized carbons (Fsp3) is 0.364. The number of halogens is 3. The van der Waals surface area contributed by atoms with Crippen molar-refractivity contribution < 1.29 is 4.39 Å². The highest BCUT2D eigenvalue weighted by Crippen LogP contribution is 2.31. The highest BCUT2D eigenvalue weighted by atomic mass is 35.5. The maximum Gasteiger partial charge on any atom is 0.170 e. The number of hydrogen-bond acceptors (Lipinski definition) is 1. The molecule has 0 radical (unpaired) electrons. The third-order valence-corrected chi connectivity index (χ3v) is 2.76. The van der Waals surface area contributed by atoms with Gasteiger partial charge in [0.2, 0.25) is 0 Å². The van der Waals surface area contributed by atoms with E-state index in [0.717, 1.165) is 6.54 Å². The molecule has 17 heavy (non-hydrogen) atoms. The van der Waals surface area contributed by atoms with Crippen LogP contribution in [0.4, 0.5) is 10.1 Å². The molecule has 0 bridgehead atoms. The minimum atomic E-state index is -0.480. The Morgan fingerprint density at radius 3 is 2.35 bits per heavy atom. The standard InChI is InChI=1S/C11H13Cl2FN2S/c1-6(2)5-15-11(17)16-10-8(12)3-7(14)4-9(10)13/h3-4,6H,5H2,1-2H3,(H2,15,16,17). The van der Waals surface area contributed by atoms with Crippen LogP contribution in [-0.4, -0.2) is 11.7 Å². The summed E-state index contributed by atoms with van der Waals surface area (Å²) in [6.45, 7) is 4.86. The fourth-order valence-electron chi connectivity index (χ4n) is 1.12. The van der Waals surface area contributed by atoms with Crippen LogP contribution in [0.1, 0.15) is 13.8 Å². The molecule has 2 nitrogen and oxygen atoms in total. The van der Waals surface area contributed by atoms with E-state index < -0.39 is 5.82 Å². The van der Waals surface area contributed by atoms with E-state index in [4.69, 9.17) is 35.4 Å². The lowest BCUT2D eigenvalue weighted by Gasteiger charge is -2.14. The topological polar surface area (TPSA) is 24.1 Å². The largest absolute Gasteiger partial charge is 0.362 e. The Morgan fingerprint density at radius 1 is 1.35 bits per heavy atom. The zero-order chi connectivity index (χ0) is 13.0. The minimum Gasteiger partial charge on any atom is -0.362 e. The second kappa shape index (κ2) is 6.38. The third-order valence-electron chi connectivity index (χ3n) is 1.92. The van der Waals surface area contributed by atoms with Crippen LogP contribution in [0.25, 0.3) is 0 Å². The van der Waals surface area contributed by atoms with E-state index in [0.29, 0.717) is 16.7 Å². The lowest BCUT2D eigenvalue weighted by Crippen LogP contribution is -2.31. The average Bonchev–Trinajstić information content (AvgIpc) is 2.20. The van der Waals surface area contributed by atoms with Crippen molar-refractivity contribution in [1.29, 1.82) is 0 Å². The van der Waals surface area contributed by atoms with Gasteiger partial charge in [0.1, 0.15) is 5.82 Å². The molecule has 94 valence electrons. The maximum atomic E-state index is 13.0. The highest BCUT2D eigenvalue weighted by molar-refractivity contribution is 7.80. The van der Waals surface area contributed by atoms with Gasteiger partial charge in [-0.2, -0.15) is 0 Å². The first-order chi connectivity index (χ1) is 7.90. The molecule has 0 fully saturated rings. The zero-order valence-electron chi connectivity index (χ0n) is 9.48. The Balaban J connectivity index is 2.72. The van der Waals surface area contributed by atoms with Crippen molar-refractivity contribution in [3.8, 4) is 0 Å². The molecule has 0 heterocycles. The molecule has 1 aromatic rings. The first-order valence-electron chi connectivity index (χ1n) is 5.09. The molecule has 0 aliphatic heterocycles. The number of hydrogen-bond donors (Lipinski definition) is 2.